The number of thiophene rings is 1. The molecule has 3 aromatic heterocycles. The lowest BCUT2D eigenvalue weighted by atomic mass is 10.2. The van der Waals surface area contributed by atoms with Crippen LogP contribution in [0.2, 0.25) is 0 Å². The van der Waals surface area contributed by atoms with Crippen LogP contribution in [-0.2, 0) is 0 Å². The normalized spacial score (nSPS) is 11.9. The summed E-state index contributed by atoms with van der Waals surface area (Å²) in [6, 6.07) is 3.87. The van der Waals surface area contributed by atoms with Crippen molar-refractivity contribution in [1.29, 1.82) is 0 Å². The number of hydrazone groups is 1. The van der Waals surface area contributed by atoms with Gasteiger partial charge in [0.2, 0.25) is 0 Å². The van der Waals surface area contributed by atoms with E-state index >= 15 is 0 Å². The molecule has 3 aromatic rings. The van der Waals surface area contributed by atoms with Gasteiger partial charge < -0.3 is 0 Å². The van der Waals surface area contributed by atoms with E-state index in [1.54, 1.807) is 30.1 Å². The number of nitrogens with zero attached hydrogens (tertiary/aromatic N) is 4. The summed E-state index contributed by atoms with van der Waals surface area (Å²) in [6.07, 6.45) is 5.10. The minimum atomic E-state index is 0.741. The Labute approximate surface area is 126 Å². The van der Waals surface area contributed by atoms with Crippen LogP contribution in [0.3, 0.4) is 0 Å². The molecule has 21 heavy (non-hydrogen) atoms. The van der Waals surface area contributed by atoms with Gasteiger partial charge in [0.1, 0.15) is 11.2 Å². The highest BCUT2D eigenvalue weighted by Gasteiger charge is 2.11. The van der Waals surface area contributed by atoms with Gasteiger partial charge in [-0.1, -0.05) is 6.07 Å². The minimum absolute atomic E-state index is 0.741. The summed E-state index contributed by atoms with van der Waals surface area (Å²) in [5.41, 5.74) is 6.10. The van der Waals surface area contributed by atoms with E-state index in [9.17, 15) is 0 Å². The Morgan fingerprint density at radius 3 is 2.90 bits per heavy atom. The van der Waals surface area contributed by atoms with E-state index in [-0.39, 0.29) is 0 Å². The van der Waals surface area contributed by atoms with E-state index in [1.165, 1.54) is 10.4 Å². The van der Waals surface area contributed by atoms with Crippen LogP contribution in [-0.4, -0.2) is 20.7 Å². The molecule has 0 fully saturated rings. The molecule has 5 nitrogen and oxygen atoms in total. The van der Waals surface area contributed by atoms with Crippen LogP contribution in [0.1, 0.15) is 22.9 Å². The van der Waals surface area contributed by atoms with Gasteiger partial charge in [-0.15, -0.1) is 11.3 Å². The predicted octanol–water partition coefficient (Wildman–Crippen LogP) is 3.54. The fourth-order valence-corrected chi connectivity index (χ4v) is 3.04. The number of aryl methyl sites for hydroxylation is 2. The third-order valence-corrected chi connectivity index (χ3v) is 4.49. The van der Waals surface area contributed by atoms with E-state index < -0.39 is 0 Å². The first kappa shape index (κ1) is 13.6. The molecule has 0 atom stereocenters. The van der Waals surface area contributed by atoms with Crippen molar-refractivity contribution in [2.24, 2.45) is 5.10 Å². The molecule has 0 spiro atoms. The molecule has 6 heteroatoms. The van der Waals surface area contributed by atoms with E-state index in [0.29, 0.717) is 0 Å². The number of rotatable bonds is 3. The Morgan fingerprint density at radius 2 is 2.14 bits per heavy atom. The number of anilines is 1. The maximum absolute atomic E-state index is 4.41. The first-order valence-corrected chi connectivity index (χ1v) is 7.40. The molecule has 106 valence electrons. The summed E-state index contributed by atoms with van der Waals surface area (Å²) in [6.45, 7) is 6.12. The highest BCUT2D eigenvalue weighted by Crippen LogP contribution is 2.32. The van der Waals surface area contributed by atoms with Crippen molar-refractivity contribution < 1.29 is 0 Å². The number of hydrogen-bond donors (Lipinski definition) is 1. The van der Waals surface area contributed by atoms with E-state index in [4.69, 9.17) is 0 Å². The van der Waals surface area contributed by atoms with Crippen LogP contribution in [0.15, 0.2) is 36.0 Å². The van der Waals surface area contributed by atoms with Gasteiger partial charge in [-0.25, -0.2) is 9.97 Å². The van der Waals surface area contributed by atoms with Crippen molar-refractivity contribution in [3.63, 3.8) is 0 Å². The predicted molar refractivity (Wildman–Crippen MR) is 87.0 cm³/mol. The minimum Gasteiger partial charge on any atom is -0.264 e. The monoisotopic (exact) mass is 297 g/mol. The second-order valence-corrected chi connectivity index (χ2v) is 5.94. The zero-order chi connectivity index (χ0) is 14.8. The summed E-state index contributed by atoms with van der Waals surface area (Å²) >= 11 is 1.67. The van der Waals surface area contributed by atoms with Crippen molar-refractivity contribution in [3.05, 3.63) is 46.9 Å². The van der Waals surface area contributed by atoms with E-state index in [0.717, 1.165) is 27.3 Å². The quantitative estimate of drug-likeness (QED) is 0.593. The van der Waals surface area contributed by atoms with Crippen LogP contribution in [0, 0.1) is 13.8 Å². The molecule has 0 bridgehead atoms. The van der Waals surface area contributed by atoms with Crippen LogP contribution < -0.4 is 5.43 Å². The fourth-order valence-electron chi connectivity index (χ4n) is 2.05. The maximum atomic E-state index is 4.41. The number of aromatic nitrogens is 3. The number of hydrogen-bond acceptors (Lipinski definition) is 6. The van der Waals surface area contributed by atoms with Gasteiger partial charge in [-0.2, -0.15) is 5.10 Å². The molecular weight excluding hydrogens is 282 g/mol. The molecule has 0 radical (unpaired) electrons. The highest BCUT2D eigenvalue weighted by molar-refractivity contribution is 7.18. The topological polar surface area (TPSA) is 63.1 Å². The SMILES string of the molecule is C/C(=N\Nc1ncnc2sc(C)c(C)c12)c1cccnc1. The molecule has 0 saturated heterocycles. The lowest BCUT2D eigenvalue weighted by Gasteiger charge is -2.04. The smallest absolute Gasteiger partial charge is 0.158 e. The molecule has 0 saturated carbocycles. The third kappa shape index (κ3) is 2.62. The first-order chi connectivity index (χ1) is 10.2. The van der Waals surface area contributed by atoms with Gasteiger partial charge in [0, 0.05) is 22.8 Å². The van der Waals surface area contributed by atoms with Crippen LogP contribution >= 0.6 is 11.3 Å². The zero-order valence-corrected chi connectivity index (χ0v) is 12.9. The second kappa shape index (κ2) is 5.57. The summed E-state index contributed by atoms with van der Waals surface area (Å²) in [7, 11) is 0. The van der Waals surface area contributed by atoms with Gasteiger partial charge in [0.05, 0.1) is 11.1 Å². The highest BCUT2D eigenvalue weighted by atomic mass is 32.1. The second-order valence-electron chi connectivity index (χ2n) is 4.74. The maximum Gasteiger partial charge on any atom is 0.158 e. The lowest BCUT2D eigenvalue weighted by Crippen LogP contribution is -2.01. The average Bonchev–Trinajstić information content (AvgIpc) is 2.81. The Balaban J connectivity index is 1.96. The standard InChI is InChI=1S/C15H15N5S/c1-9-11(3)21-15-13(9)14(17-8-18-15)20-19-10(2)12-5-4-6-16-7-12/h4-8H,1-3H3,(H,17,18,20)/b19-10+. The first-order valence-electron chi connectivity index (χ1n) is 6.58. The summed E-state index contributed by atoms with van der Waals surface area (Å²) < 4.78 is 0. The molecule has 0 aromatic carbocycles. The third-order valence-electron chi connectivity index (χ3n) is 3.37. The molecule has 0 unspecified atom stereocenters. The molecule has 0 aliphatic carbocycles. The van der Waals surface area contributed by atoms with Crippen molar-refractivity contribution in [3.8, 4) is 0 Å². The van der Waals surface area contributed by atoms with E-state index in [1.807, 2.05) is 19.1 Å². The summed E-state index contributed by atoms with van der Waals surface area (Å²) in [4.78, 5) is 15.0. The fraction of sp³-hybridized carbons (Fsp3) is 0.200. The molecule has 3 heterocycles. The molecule has 3 rings (SSSR count). The number of pyridine rings is 1. The van der Waals surface area contributed by atoms with Crippen LogP contribution in [0.4, 0.5) is 5.82 Å². The van der Waals surface area contributed by atoms with Gasteiger partial charge in [0.15, 0.2) is 5.82 Å². The van der Waals surface area contributed by atoms with Crippen molar-refractivity contribution in [1.82, 2.24) is 15.0 Å². The summed E-state index contributed by atoms with van der Waals surface area (Å²) in [5.74, 6) is 0.741. The average molecular weight is 297 g/mol. The Kier molecular flexibility index (Phi) is 3.62. The van der Waals surface area contributed by atoms with Crippen molar-refractivity contribution in [2.45, 2.75) is 20.8 Å². The Morgan fingerprint density at radius 1 is 1.29 bits per heavy atom. The van der Waals surface area contributed by atoms with Gasteiger partial charge in [-0.05, 0) is 32.4 Å². The van der Waals surface area contributed by atoms with Gasteiger partial charge in [0.25, 0.3) is 0 Å². The Hall–Kier alpha value is -2.34. The summed E-state index contributed by atoms with van der Waals surface area (Å²) in [5, 5.41) is 5.45. The largest absolute Gasteiger partial charge is 0.264 e. The number of nitrogens with one attached hydrogen (secondary N) is 1. The van der Waals surface area contributed by atoms with Crippen LogP contribution in [0.5, 0.6) is 0 Å². The van der Waals surface area contributed by atoms with Crippen LogP contribution in [0.25, 0.3) is 10.2 Å². The van der Waals surface area contributed by atoms with Gasteiger partial charge in [-0.3, -0.25) is 10.4 Å². The van der Waals surface area contributed by atoms with E-state index in [2.05, 4.69) is 39.3 Å². The van der Waals surface area contributed by atoms with Gasteiger partial charge >= 0.3 is 0 Å². The molecule has 1 N–H and O–H groups in total. The lowest BCUT2D eigenvalue weighted by molar-refractivity contribution is 1.18. The Bertz CT molecular complexity index is 808. The molecular formula is C15H15N5S. The van der Waals surface area contributed by atoms with Crippen molar-refractivity contribution in [2.75, 3.05) is 5.43 Å². The molecule has 0 amide bonds. The molecule has 0 aliphatic rings. The van der Waals surface area contributed by atoms with Crippen molar-refractivity contribution >= 4 is 33.1 Å². The molecule has 0 aliphatic heterocycles. The number of fused-ring (bicyclic) bond motifs is 1. The zero-order valence-electron chi connectivity index (χ0n) is 12.1.